The predicted molar refractivity (Wildman–Crippen MR) is 79.4 cm³/mol. The van der Waals surface area contributed by atoms with Crippen molar-refractivity contribution in [2.24, 2.45) is 0 Å². The Morgan fingerprint density at radius 2 is 2.20 bits per heavy atom. The first-order chi connectivity index (χ1) is 9.43. The van der Waals surface area contributed by atoms with Crippen molar-refractivity contribution in [1.82, 2.24) is 5.32 Å². The van der Waals surface area contributed by atoms with Crippen LogP contribution >= 0.6 is 15.9 Å². The molecule has 1 fully saturated rings. The first-order valence-corrected chi connectivity index (χ1v) is 7.31. The second kappa shape index (κ2) is 5.93. The zero-order chi connectivity index (χ0) is 14.9. The number of anilines is 1. The number of hydrogen-bond donors (Lipinski definition) is 2. The van der Waals surface area contributed by atoms with E-state index in [9.17, 15) is 14.7 Å². The van der Waals surface area contributed by atoms with Crippen LogP contribution in [0.2, 0.25) is 0 Å². The Labute approximate surface area is 126 Å². The minimum Gasteiger partial charge on any atom is -0.389 e. The number of amides is 2. The van der Waals surface area contributed by atoms with Crippen LogP contribution in [0, 0.1) is 0 Å². The molecule has 0 aliphatic carbocycles. The molecule has 2 unspecified atom stereocenters. The van der Waals surface area contributed by atoms with E-state index < -0.39 is 6.10 Å². The highest BCUT2D eigenvalue weighted by molar-refractivity contribution is 9.10. The molecule has 20 heavy (non-hydrogen) atoms. The summed E-state index contributed by atoms with van der Waals surface area (Å²) in [7, 11) is 0. The van der Waals surface area contributed by atoms with Gasteiger partial charge in [0.1, 0.15) is 6.04 Å². The zero-order valence-corrected chi connectivity index (χ0v) is 13.0. The van der Waals surface area contributed by atoms with Gasteiger partial charge in [-0.3, -0.25) is 14.9 Å². The maximum Gasteiger partial charge on any atom is 0.249 e. The van der Waals surface area contributed by atoms with Crippen LogP contribution in [0.4, 0.5) is 5.69 Å². The largest absolute Gasteiger partial charge is 0.389 e. The minimum atomic E-state index is -0.561. The van der Waals surface area contributed by atoms with Gasteiger partial charge in [-0.15, -0.1) is 0 Å². The quantitative estimate of drug-likeness (QED) is 0.822. The van der Waals surface area contributed by atoms with E-state index in [4.69, 9.17) is 0 Å². The molecule has 1 aliphatic heterocycles. The van der Waals surface area contributed by atoms with Crippen LogP contribution in [0.3, 0.4) is 0 Å². The number of piperazine rings is 1. The van der Waals surface area contributed by atoms with Crippen molar-refractivity contribution in [2.75, 3.05) is 11.4 Å². The second-order valence-corrected chi connectivity index (χ2v) is 5.71. The third-order valence-corrected chi connectivity index (χ3v) is 4.04. The van der Waals surface area contributed by atoms with E-state index in [1.165, 1.54) is 0 Å². The van der Waals surface area contributed by atoms with Gasteiger partial charge >= 0.3 is 0 Å². The van der Waals surface area contributed by atoms with Gasteiger partial charge in [-0.25, -0.2) is 0 Å². The summed E-state index contributed by atoms with van der Waals surface area (Å²) in [6, 6.07) is 5.07. The first kappa shape index (κ1) is 15.0. The molecule has 1 aromatic carbocycles. The van der Waals surface area contributed by atoms with Gasteiger partial charge in [-0.2, -0.15) is 0 Å². The zero-order valence-electron chi connectivity index (χ0n) is 11.4. The molecular weight excluding hydrogens is 324 g/mol. The molecule has 2 rings (SSSR count). The summed E-state index contributed by atoms with van der Waals surface area (Å²) in [6.07, 6.45) is 0.0533. The summed E-state index contributed by atoms with van der Waals surface area (Å²) in [5, 5.41) is 11.9. The maximum atomic E-state index is 11.9. The van der Waals surface area contributed by atoms with Gasteiger partial charge in [-0.05, 0) is 47.0 Å². The number of carbonyl (C=O) groups excluding carboxylic acids is 2. The van der Waals surface area contributed by atoms with E-state index in [1.54, 1.807) is 17.9 Å². The lowest BCUT2D eigenvalue weighted by atomic mass is 10.1. The normalized spacial score (nSPS) is 20.8. The van der Waals surface area contributed by atoms with Crippen LogP contribution in [-0.4, -0.2) is 29.5 Å². The van der Waals surface area contributed by atoms with Crippen LogP contribution in [0.15, 0.2) is 22.7 Å². The Morgan fingerprint density at radius 1 is 1.50 bits per heavy atom. The smallest absolute Gasteiger partial charge is 0.249 e. The average Bonchev–Trinajstić information content (AvgIpc) is 2.37. The van der Waals surface area contributed by atoms with E-state index in [-0.39, 0.29) is 24.4 Å². The Hall–Kier alpha value is -1.40. The molecule has 108 valence electrons. The summed E-state index contributed by atoms with van der Waals surface area (Å²) in [6.45, 7) is 3.75. The molecule has 0 bridgehead atoms. The monoisotopic (exact) mass is 340 g/mol. The highest BCUT2D eigenvalue weighted by atomic mass is 79.9. The van der Waals surface area contributed by atoms with Gasteiger partial charge in [0.25, 0.3) is 0 Å². The predicted octanol–water partition coefficient (Wildman–Crippen LogP) is 1.74. The van der Waals surface area contributed by atoms with Gasteiger partial charge in [0.05, 0.1) is 18.3 Å². The number of rotatable bonds is 3. The summed E-state index contributed by atoms with van der Waals surface area (Å²) in [4.78, 5) is 25.2. The average molecular weight is 341 g/mol. The Morgan fingerprint density at radius 3 is 2.75 bits per heavy atom. The van der Waals surface area contributed by atoms with Gasteiger partial charge in [0, 0.05) is 4.47 Å². The highest BCUT2D eigenvalue weighted by Gasteiger charge is 2.33. The third-order valence-electron chi connectivity index (χ3n) is 3.41. The molecule has 0 saturated carbocycles. The molecule has 0 spiro atoms. The van der Waals surface area contributed by atoms with Gasteiger partial charge < -0.3 is 10.0 Å². The van der Waals surface area contributed by atoms with Gasteiger partial charge in [0.15, 0.2) is 0 Å². The number of aliphatic hydroxyl groups is 1. The lowest BCUT2D eigenvalue weighted by Gasteiger charge is -2.35. The molecular formula is C14H17BrN2O3. The summed E-state index contributed by atoms with van der Waals surface area (Å²) in [5.41, 5.74) is 1.56. The Balaban J connectivity index is 2.38. The number of nitrogens with zero attached hydrogens (tertiary/aromatic N) is 1. The number of carbonyl (C=O) groups is 2. The van der Waals surface area contributed by atoms with Crippen LogP contribution in [0.25, 0.3) is 0 Å². The number of aliphatic hydroxyl groups excluding tert-OH is 1. The molecule has 2 N–H and O–H groups in total. The van der Waals surface area contributed by atoms with E-state index in [0.717, 1.165) is 15.7 Å². The van der Waals surface area contributed by atoms with Crippen LogP contribution < -0.4 is 10.2 Å². The third kappa shape index (κ3) is 2.86. The minimum absolute atomic E-state index is 0.150. The number of nitrogens with one attached hydrogen (secondary N) is 1. The van der Waals surface area contributed by atoms with Crippen molar-refractivity contribution in [3.63, 3.8) is 0 Å². The number of hydrogen-bond acceptors (Lipinski definition) is 4. The number of benzene rings is 1. The molecule has 0 radical (unpaired) electrons. The molecule has 5 nitrogen and oxygen atoms in total. The summed E-state index contributed by atoms with van der Waals surface area (Å²) >= 11 is 3.45. The molecule has 1 aliphatic rings. The van der Waals surface area contributed by atoms with Crippen molar-refractivity contribution in [3.8, 4) is 0 Å². The van der Waals surface area contributed by atoms with Crippen molar-refractivity contribution in [2.45, 2.75) is 32.4 Å². The topological polar surface area (TPSA) is 69.6 Å². The van der Waals surface area contributed by atoms with E-state index in [2.05, 4.69) is 21.2 Å². The van der Waals surface area contributed by atoms with Crippen LogP contribution in [0.1, 0.15) is 31.9 Å². The van der Waals surface area contributed by atoms with Crippen molar-refractivity contribution in [1.29, 1.82) is 0 Å². The number of halogens is 1. The standard InChI is InChI=1S/C14H17BrN2O3/c1-3-11-14(20)16-13(19)7-17(11)12-5-4-9(8(2)18)6-10(12)15/h4-6,8,11,18H,3,7H2,1-2H3,(H,16,19,20). The molecule has 0 aromatic heterocycles. The Kier molecular flexibility index (Phi) is 4.45. The fourth-order valence-electron chi connectivity index (χ4n) is 2.34. The molecule has 1 saturated heterocycles. The Bertz CT molecular complexity index is 545. The number of imide groups is 1. The molecule has 6 heteroatoms. The lowest BCUT2D eigenvalue weighted by Crippen LogP contribution is -2.58. The van der Waals surface area contributed by atoms with Crippen molar-refractivity contribution < 1.29 is 14.7 Å². The van der Waals surface area contributed by atoms with Gasteiger partial charge in [0.2, 0.25) is 11.8 Å². The summed E-state index contributed by atoms with van der Waals surface area (Å²) in [5.74, 6) is -0.568. The maximum absolute atomic E-state index is 11.9. The fourth-order valence-corrected chi connectivity index (χ4v) is 2.97. The van der Waals surface area contributed by atoms with Crippen molar-refractivity contribution in [3.05, 3.63) is 28.2 Å². The second-order valence-electron chi connectivity index (χ2n) is 4.85. The molecule has 2 atom stereocenters. The molecule has 1 aromatic rings. The van der Waals surface area contributed by atoms with Crippen molar-refractivity contribution >= 4 is 33.4 Å². The van der Waals surface area contributed by atoms with Gasteiger partial charge in [-0.1, -0.05) is 13.0 Å². The lowest BCUT2D eigenvalue weighted by molar-refractivity contribution is -0.132. The first-order valence-electron chi connectivity index (χ1n) is 6.52. The molecule has 2 amide bonds. The van der Waals surface area contributed by atoms with E-state index in [0.29, 0.717) is 6.42 Å². The SMILES string of the molecule is CCC1C(=O)NC(=O)CN1c1ccc(C(C)O)cc1Br. The van der Waals surface area contributed by atoms with Crippen LogP contribution in [0.5, 0.6) is 0 Å². The van der Waals surface area contributed by atoms with Crippen LogP contribution in [-0.2, 0) is 9.59 Å². The molecule has 1 heterocycles. The van der Waals surface area contributed by atoms with E-state index in [1.807, 2.05) is 19.1 Å². The summed E-state index contributed by atoms with van der Waals surface area (Å²) < 4.78 is 0.761. The van der Waals surface area contributed by atoms with E-state index >= 15 is 0 Å². The highest BCUT2D eigenvalue weighted by Crippen LogP contribution is 2.31. The fraction of sp³-hybridized carbons (Fsp3) is 0.429.